The van der Waals surface area contributed by atoms with E-state index in [2.05, 4.69) is 4.98 Å². The van der Waals surface area contributed by atoms with Gasteiger partial charge < -0.3 is 15.1 Å². The van der Waals surface area contributed by atoms with Crippen molar-refractivity contribution in [3.8, 4) is 5.75 Å². The zero-order chi connectivity index (χ0) is 13.0. The molecule has 0 spiro atoms. The Morgan fingerprint density at radius 3 is 2.59 bits per heavy atom. The van der Waals surface area contributed by atoms with Gasteiger partial charge in [-0.15, -0.1) is 0 Å². The van der Waals surface area contributed by atoms with Crippen molar-refractivity contribution in [1.82, 2.24) is 9.88 Å². The molecule has 6 heteroatoms. The molecule has 1 atom stereocenters. The number of nitrogens with zero attached hydrogens (tertiary/aromatic N) is 2. The Kier molecular flexibility index (Phi) is 4.03. The van der Waals surface area contributed by atoms with Crippen LogP contribution in [-0.4, -0.2) is 45.1 Å². The van der Waals surface area contributed by atoms with E-state index in [1.165, 1.54) is 25.5 Å². The fraction of sp³-hybridized carbons (Fsp3) is 0.364. The second kappa shape index (κ2) is 5.29. The zero-order valence-corrected chi connectivity index (χ0v) is 9.62. The second-order valence-corrected chi connectivity index (χ2v) is 3.61. The van der Waals surface area contributed by atoms with E-state index in [1.807, 2.05) is 0 Å². The molecule has 0 bridgehead atoms. The summed E-state index contributed by atoms with van der Waals surface area (Å²) in [6.07, 6.45) is 2.79. The van der Waals surface area contributed by atoms with Gasteiger partial charge in [0.1, 0.15) is 11.8 Å². The molecule has 0 aliphatic rings. The fourth-order valence-corrected chi connectivity index (χ4v) is 1.50. The van der Waals surface area contributed by atoms with Crippen molar-refractivity contribution >= 4 is 11.9 Å². The van der Waals surface area contributed by atoms with E-state index >= 15 is 0 Å². The molecule has 1 heterocycles. The summed E-state index contributed by atoms with van der Waals surface area (Å²) in [6.45, 7) is 1.68. The summed E-state index contributed by atoms with van der Waals surface area (Å²) >= 11 is 0. The molecular weight excluding hydrogens is 224 g/mol. The third-order valence-corrected chi connectivity index (χ3v) is 2.43. The Morgan fingerprint density at radius 2 is 2.12 bits per heavy atom. The number of carboxylic acid groups (broad SMARTS) is 1. The zero-order valence-electron chi connectivity index (χ0n) is 9.62. The first-order valence-electron chi connectivity index (χ1n) is 5.11. The van der Waals surface area contributed by atoms with E-state index in [0.29, 0.717) is 6.42 Å². The third kappa shape index (κ3) is 2.93. The van der Waals surface area contributed by atoms with Gasteiger partial charge in [-0.1, -0.05) is 6.92 Å². The average Bonchev–Trinajstić information content (AvgIpc) is 2.28. The number of hydrogen-bond acceptors (Lipinski definition) is 4. The molecule has 0 aliphatic heterocycles. The second-order valence-electron chi connectivity index (χ2n) is 3.61. The number of hydrogen-bond donors (Lipinski definition) is 2. The first-order valence-corrected chi connectivity index (χ1v) is 5.11. The predicted molar refractivity (Wildman–Crippen MR) is 59.7 cm³/mol. The normalized spacial score (nSPS) is 11.9. The first-order chi connectivity index (χ1) is 7.97. The van der Waals surface area contributed by atoms with Gasteiger partial charge in [0.25, 0.3) is 5.91 Å². The Hall–Kier alpha value is -2.11. The maximum absolute atomic E-state index is 11.9. The molecule has 1 aromatic heterocycles. The molecule has 0 fully saturated rings. The van der Waals surface area contributed by atoms with Crippen LogP contribution in [0.5, 0.6) is 5.75 Å². The van der Waals surface area contributed by atoms with Gasteiger partial charge in [-0.05, 0) is 12.5 Å². The molecule has 0 saturated carbocycles. The van der Waals surface area contributed by atoms with E-state index in [0.717, 1.165) is 4.90 Å². The van der Waals surface area contributed by atoms with Crippen molar-refractivity contribution in [3.05, 3.63) is 24.0 Å². The smallest absolute Gasteiger partial charge is 0.326 e. The third-order valence-electron chi connectivity index (χ3n) is 2.43. The molecule has 0 aliphatic carbocycles. The number of rotatable bonds is 4. The molecule has 0 saturated heterocycles. The van der Waals surface area contributed by atoms with E-state index in [9.17, 15) is 14.7 Å². The number of carbonyl (C=O) groups excluding carboxylic acids is 1. The lowest BCUT2D eigenvalue weighted by Gasteiger charge is -2.23. The topological polar surface area (TPSA) is 90.7 Å². The molecule has 6 nitrogen and oxygen atoms in total. The summed E-state index contributed by atoms with van der Waals surface area (Å²) in [5, 5.41) is 18.1. The van der Waals surface area contributed by atoms with Crippen LogP contribution in [0.15, 0.2) is 18.5 Å². The van der Waals surface area contributed by atoms with Gasteiger partial charge in [-0.25, -0.2) is 4.79 Å². The largest absolute Gasteiger partial charge is 0.506 e. The van der Waals surface area contributed by atoms with Crippen LogP contribution in [-0.2, 0) is 4.79 Å². The van der Waals surface area contributed by atoms with Crippen LogP contribution in [0.1, 0.15) is 23.7 Å². The molecule has 17 heavy (non-hydrogen) atoms. The standard InChI is InChI=1S/C11H14N2O4/c1-3-9(11(16)17)13(2)10(15)7-4-8(14)6-12-5-7/h4-6,9,14H,3H2,1-2H3,(H,16,17). The highest BCUT2D eigenvalue weighted by molar-refractivity contribution is 5.96. The number of amides is 1. The molecule has 2 N–H and O–H groups in total. The SMILES string of the molecule is CCC(C(=O)O)N(C)C(=O)c1cncc(O)c1. The highest BCUT2D eigenvalue weighted by atomic mass is 16.4. The van der Waals surface area contributed by atoms with Crippen molar-refractivity contribution in [1.29, 1.82) is 0 Å². The molecule has 1 unspecified atom stereocenters. The number of carboxylic acids is 1. The van der Waals surface area contributed by atoms with Crippen molar-refractivity contribution in [2.75, 3.05) is 7.05 Å². The van der Waals surface area contributed by atoms with E-state index in [4.69, 9.17) is 5.11 Å². The Morgan fingerprint density at radius 1 is 1.47 bits per heavy atom. The summed E-state index contributed by atoms with van der Waals surface area (Å²) in [7, 11) is 1.41. The van der Waals surface area contributed by atoms with Crippen LogP contribution in [0.25, 0.3) is 0 Å². The van der Waals surface area contributed by atoms with Crippen LogP contribution < -0.4 is 0 Å². The van der Waals surface area contributed by atoms with Gasteiger partial charge in [-0.2, -0.15) is 0 Å². The van der Waals surface area contributed by atoms with Gasteiger partial charge in [0, 0.05) is 13.2 Å². The molecule has 0 radical (unpaired) electrons. The Bertz CT molecular complexity index is 433. The van der Waals surface area contributed by atoms with Crippen LogP contribution in [0.4, 0.5) is 0 Å². The van der Waals surface area contributed by atoms with Crippen LogP contribution in [0, 0.1) is 0 Å². The van der Waals surface area contributed by atoms with E-state index in [1.54, 1.807) is 6.92 Å². The number of aromatic hydroxyl groups is 1. The van der Waals surface area contributed by atoms with Gasteiger partial charge in [0.15, 0.2) is 0 Å². The molecule has 0 aromatic carbocycles. The van der Waals surface area contributed by atoms with Crippen molar-refractivity contribution in [2.45, 2.75) is 19.4 Å². The number of carbonyl (C=O) groups is 2. The molecular formula is C11H14N2O4. The number of aliphatic carboxylic acids is 1. The number of pyridine rings is 1. The van der Waals surface area contributed by atoms with Gasteiger partial charge >= 0.3 is 5.97 Å². The van der Waals surface area contributed by atoms with Crippen LogP contribution in [0.3, 0.4) is 0 Å². The number of likely N-dealkylation sites (N-methyl/N-ethyl adjacent to an activating group) is 1. The lowest BCUT2D eigenvalue weighted by molar-refractivity contribution is -0.142. The quantitative estimate of drug-likeness (QED) is 0.806. The lowest BCUT2D eigenvalue weighted by Crippen LogP contribution is -2.41. The minimum absolute atomic E-state index is 0.132. The summed E-state index contributed by atoms with van der Waals surface area (Å²) in [4.78, 5) is 27.6. The van der Waals surface area contributed by atoms with Crippen LogP contribution in [0.2, 0.25) is 0 Å². The predicted octanol–water partition coefficient (Wildman–Crippen LogP) is 0.722. The minimum Gasteiger partial charge on any atom is -0.506 e. The summed E-state index contributed by atoms with van der Waals surface area (Å²) < 4.78 is 0. The van der Waals surface area contributed by atoms with Gasteiger partial charge in [0.05, 0.1) is 11.8 Å². The minimum atomic E-state index is -1.06. The molecule has 92 valence electrons. The summed E-state index contributed by atoms with van der Waals surface area (Å²) in [5.74, 6) is -1.67. The highest BCUT2D eigenvalue weighted by Crippen LogP contribution is 2.13. The maximum atomic E-state index is 11.9. The first kappa shape index (κ1) is 13.0. The van der Waals surface area contributed by atoms with E-state index < -0.39 is 17.9 Å². The highest BCUT2D eigenvalue weighted by Gasteiger charge is 2.25. The van der Waals surface area contributed by atoms with Crippen LogP contribution >= 0.6 is 0 Å². The maximum Gasteiger partial charge on any atom is 0.326 e. The molecule has 1 rings (SSSR count). The number of aromatic nitrogens is 1. The summed E-state index contributed by atoms with van der Waals surface area (Å²) in [6, 6.07) is 0.366. The summed E-state index contributed by atoms with van der Waals surface area (Å²) in [5.41, 5.74) is 0.159. The van der Waals surface area contributed by atoms with E-state index in [-0.39, 0.29) is 11.3 Å². The monoisotopic (exact) mass is 238 g/mol. The van der Waals surface area contributed by atoms with Crippen molar-refractivity contribution in [3.63, 3.8) is 0 Å². The van der Waals surface area contributed by atoms with Gasteiger partial charge in [-0.3, -0.25) is 9.78 Å². The fourth-order valence-electron chi connectivity index (χ4n) is 1.50. The Balaban J connectivity index is 2.93. The van der Waals surface area contributed by atoms with Gasteiger partial charge in [0.2, 0.25) is 0 Å². The Labute approximate surface area is 98.5 Å². The molecule has 1 aromatic rings. The van der Waals surface area contributed by atoms with Crippen molar-refractivity contribution in [2.24, 2.45) is 0 Å². The lowest BCUT2D eigenvalue weighted by atomic mass is 10.1. The average molecular weight is 238 g/mol. The van der Waals surface area contributed by atoms with Crippen molar-refractivity contribution < 1.29 is 19.8 Å². The molecule has 1 amide bonds.